The van der Waals surface area contributed by atoms with Crippen molar-refractivity contribution in [3.8, 4) is 0 Å². The third-order valence-corrected chi connectivity index (χ3v) is 2.43. The predicted molar refractivity (Wildman–Crippen MR) is 62.2 cm³/mol. The Morgan fingerprint density at radius 3 is 2.83 bits per heavy atom. The van der Waals surface area contributed by atoms with Crippen molar-refractivity contribution in [2.75, 3.05) is 5.32 Å². The molecule has 0 saturated carbocycles. The number of aromatic nitrogens is 2. The SMILES string of the molecule is CCn1nccc1C(=O)Nc1ccc(F)cc1F. The number of nitrogens with one attached hydrogen (secondary N) is 1. The number of hydrogen-bond donors (Lipinski definition) is 1. The Balaban J connectivity index is 2.21. The zero-order valence-electron chi connectivity index (χ0n) is 9.65. The van der Waals surface area contributed by atoms with Crippen LogP contribution in [0.2, 0.25) is 0 Å². The van der Waals surface area contributed by atoms with E-state index in [1.807, 2.05) is 6.92 Å². The number of rotatable bonds is 3. The van der Waals surface area contributed by atoms with E-state index in [0.717, 1.165) is 6.07 Å². The quantitative estimate of drug-likeness (QED) is 0.910. The van der Waals surface area contributed by atoms with E-state index in [4.69, 9.17) is 0 Å². The smallest absolute Gasteiger partial charge is 0.274 e. The molecule has 6 heteroatoms. The van der Waals surface area contributed by atoms with E-state index < -0.39 is 17.5 Å². The molecule has 1 heterocycles. The molecule has 0 spiro atoms. The van der Waals surface area contributed by atoms with E-state index in [-0.39, 0.29) is 5.69 Å². The van der Waals surface area contributed by atoms with Crippen molar-refractivity contribution in [3.05, 3.63) is 47.8 Å². The minimum atomic E-state index is -0.814. The van der Waals surface area contributed by atoms with Crippen molar-refractivity contribution >= 4 is 11.6 Å². The highest BCUT2D eigenvalue weighted by Crippen LogP contribution is 2.16. The molecule has 4 nitrogen and oxygen atoms in total. The number of carbonyl (C=O) groups is 1. The Labute approximate surface area is 102 Å². The van der Waals surface area contributed by atoms with Crippen LogP contribution in [-0.4, -0.2) is 15.7 Å². The molecule has 0 saturated heterocycles. The number of amides is 1. The Morgan fingerprint density at radius 2 is 2.17 bits per heavy atom. The Kier molecular flexibility index (Phi) is 3.36. The molecule has 1 N–H and O–H groups in total. The molecular weight excluding hydrogens is 240 g/mol. The molecule has 94 valence electrons. The van der Waals surface area contributed by atoms with Gasteiger partial charge in [-0.3, -0.25) is 9.48 Å². The average molecular weight is 251 g/mol. The topological polar surface area (TPSA) is 46.9 Å². The number of carbonyl (C=O) groups excluding carboxylic acids is 1. The highest BCUT2D eigenvalue weighted by atomic mass is 19.1. The van der Waals surface area contributed by atoms with E-state index >= 15 is 0 Å². The second kappa shape index (κ2) is 4.95. The van der Waals surface area contributed by atoms with E-state index in [0.29, 0.717) is 18.3 Å². The normalized spacial score (nSPS) is 10.4. The molecule has 0 aliphatic heterocycles. The number of hydrogen-bond acceptors (Lipinski definition) is 2. The highest BCUT2D eigenvalue weighted by molar-refractivity contribution is 6.03. The summed E-state index contributed by atoms with van der Waals surface area (Å²) < 4.78 is 27.6. The van der Waals surface area contributed by atoms with Crippen molar-refractivity contribution < 1.29 is 13.6 Å². The average Bonchev–Trinajstić information content (AvgIpc) is 2.81. The van der Waals surface area contributed by atoms with Crippen LogP contribution in [-0.2, 0) is 6.54 Å². The lowest BCUT2D eigenvalue weighted by Gasteiger charge is -2.07. The van der Waals surface area contributed by atoms with Gasteiger partial charge in [0.2, 0.25) is 0 Å². The summed E-state index contributed by atoms with van der Waals surface area (Å²) in [5.74, 6) is -1.99. The van der Waals surface area contributed by atoms with Crippen LogP contribution in [0.1, 0.15) is 17.4 Å². The van der Waals surface area contributed by atoms with E-state index in [9.17, 15) is 13.6 Å². The molecule has 0 aliphatic rings. The first-order valence-electron chi connectivity index (χ1n) is 5.40. The Hall–Kier alpha value is -2.24. The summed E-state index contributed by atoms with van der Waals surface area (Å²) in [5, 5.41) is 6.31. The van der Waals surface area contributed by atoms with Crippen LogP contribution in [0.5, 0.6) is 0 Å². The van der Waals surface area contributed by atoms with Crippen molar-refractivity contribution in [2.45, 2.75) is 13.5 Å². The fraction of sp³-hybridized carbons (Fsp3) is 0.167. The lowest BCUT2D eigenvalue weighted by molar-refractivity contribution is 0.101. The van der Waals surface area contributed by atoms with Gasteiger partial charge in [-0.1, -0.05) is 0 Å². The maximum atomic E-state index is 13.4. The Morgan fingerprint density at radius 1 is 1.39 bits per heavy atom. The van der Waals surface area contributed by atoms with Crippen LogP contribution < -0.4 is 5.32 Å². The summed E-state index contributed by atoms with van der Waals surface area (Å²) in [6.07, 6.45) is 1.49. The fourth-order valence-electron chi connectivity index (χ4n) is 1.55. The van der Waals surface area contributed by atoms with Gasteiger partial charge < -0.3 is 5.32 Å². The third kappa shape index (κ3) is 2.37. The first-order valence-corrected chi connectivity index (χ1v) is 5.40. The number of benzene rings is 1. The van der Waals surface area contributed by atoms with Gasteiger partial charge in [0.25, 0.3) is 5.91 Å². The van der Waals surface area contributed by atoms with Gasteiger partial charge in [0.1, 0.15) is 17.3 Å². The molecule has 2 rings (SSSR count). The summed E-state index contributed by atoms with van der Waals surface area (Å²) in [4.78, 5) is 11.9. The van der Waals surface area contributed by atoms with Crippen LogP contribution >= 0.6 is 0 Å². The van der Waals surface area contributed by atoms with Gasteiger partial charge in [-0.15, -0.1) is 0 Å². The van der Waals surface area contributed by atoms with Crippen LogP contribution in [0.25, 0.3) is 0 Å². The Bertz CT molecular complexity index is 580. The maximum Gasteiger partial charge on any atom is 0.274 e. The highest BCUT2D eigenvalue weighted by Gasteiger charge is 2.13. The zero-order valence-corrected chi connectivity index (χ0v) is 9.65. The molecule has 2 aromatic rings. The number of anilines is 1. The molecule has 0 unspecified atom stereocenters. The van der Waals surface area contributed by atoms with E-state index in [1.54, 1.807) is 0 Å². The lowest BCUT2D eigenvalue weighted by Crippen LogP contribution is -2.18. The summed E-state index contributed by atoms with van der Waals surface area (Å²) in [6, 6.07) is 4.50. The predicted octanol–water partition coefficient (Wildman–Crippen LogP) is 2.43. The van der Waals surface area contributed by atoms with Crippen molar-refractivity contribution in [1.82, 2.24) is 9.78 Å². The lowest BCUT2D eigenvalue weighted by atomic mass is 10.3. The van der Waals surface area contributed by atoms with E-state index in [2.05, 4.69) is 10.4 Å². The second-order valence-electron chi connectivity index (χ2n) is 3.61. The summed E-state index contributed by atoms with van der Waals surface area (Å²) in [7, 11) is 0. The second-order valence-corrected chi connectivity index (χ2v) is 3.61. The standard InChI is InChI=1S/C12H11F2N3O/c1-2-17-11(5-6-15-17)12(18)16-10-4-3-8(13)7-9(10)14/h3-7H,2H2,1H3,(H,16,18). The van der Waals surface area contributed by atoms with Gasteiger partial charge in [0.15, 0.2) is 0 Å². The minimum absolute atomic E-state index is 0.0646. The van der Waals surface area contributed by atoms with Crippen LogP contribution in [0.3, 0.4) is 0 Å². The van der Waals surface area contributed by atoms with Crippen molar-refractivity contribution in [2.24, 2.45) is 0 Å². The van der Waals surface area contributed by atoms with Crippen LogP contribution in [0.15, 0.2) is 30.5 Å². The molecule has 0 radical (unpaired) electrons. The summed E-state index contributed by atoms with van der Waals surface area (Å²) in [5.41, 5.74) is 0.256. The molecule has 0 aliphatic carbocycles. The van der Waals surface area contributed by atoms with Crippen LogP contribution in [0, 0.1) is 11.6 Å². The van der Waals surface area contributed by atoms with Gasteiger partial charge in [0.05, 0.1) is 5.69 Å². The van der Waals surface area contributed by atoms with Crippen LogP contribution in [0.4, 0.5) is 14.5 Å². The monoisotopic (exact) mass is 251 g/mol. The zero-order chi connectivity index (χ0) is 13.1. The molecule has 0 fully saturated rings. The fourth-order valence-corrected chi connectivity index (χ4v) is 1.55. The molecule has 0 bridgehead atoms. The molecular formula is C12H11F2N3O. The molecule has 0 atom stereocenters. The van der Waals surface area contributed by atoms with Gasteiger partial charge in [-0.2, -0.15) is 5.10 Å². The summed E-state index contributed by atoms with van der Waals surface area (Å²) >= 11 is 0. The number of aryl methyl sites for hydroxylation is 1. The molecule has 1 amide bonds. The maximum absolute atomic E-state index is 13.4. The first-order chi connectivity index (χ1) is 8.61. The van der Waals surface area contributed by atoms with Gasteiger partial charge in [-0.25, -0.2) is 8.78 Å². The third-order valence-electron chi connectivity index (χ3n) is 2.43. The van der Waals surface area contributed by atoms with Gasteiger partial charge in [0, 0.05) is 18.8 Å². The summed E-state index contributed by atoms with van der Waals surface area (Å²) in [6.45, 7) is 2.36. The minimum Gasteiger partial charge on any atom is -0.318 e. The number of halogens is 2. The van der Waals surface area contributed by atoms with E-state index in [1.165, 1.54) is 23.0 Å². The van der Waals surface area contributed by atoms with Crippen molar-refractivity contribution in [3.63, 3.8) is 0 Å². The first kappa shape index (κ1) is 12.2. The molecule has 18 heavy (non-hydrogen) atoms. The number of nitrogens with zero attached hydrogens (tertiary/aromatic N) is 2. The molecule has 1 aromatic heterocycles. The van der Waals surface area contributed by atoms with Gasteiger partial charge >= 0.3 is 0 Å². The largest absolute Gasteiger partial charge is 0.318 e. The van der Waals surface area contributed by atoms with Crippen molar-refractivity contribution in [1.29, 1.82) is 0 Å². The van der Waals surface area contributed by atoms with Gasteiger partial charge in [-0.05, 0) is 25.1 Å². The molecule has 1 aromatic carbocycles.